The molecule has 2 rings (SSSR count). The molecule has 0 fully saturated rings. The molecule has 142 valence electrons. The molecule has 0 aromatic heterocycles. The summed E-state index contributed by atoms with van der Waals surface area (Å²) >= 11 is 0. The predicted molar refractivity (Wildman–Crippen MR) is 104 cm³/mol. The highest BCUT2D eigenvalue weighted by molar-refractivity contribution is 5.96. The summed E-state index contributed by atoms with van der Waals surface area (Å²) in [7, 11) is 0. The lowest BCUT2D eigenvalue weighted by molar-refractivity contribution is -0.152. The van der Waals surface area contributed by atoms with Gasteiger partial charge in [0.2, 0.25) is 5.91 Å². The van der Waals surface area contributed by atoms with Crippen molar-refractivity contribution in [1.82, 2.24) is 5.32 Å². The number of nitrogens with zero attached hydrogens (tertiary/aromatic N) is 1. The van der Waals surface area contributed by atoms with Gasteiger partial charge in [-0.05, 0) is 36.8 Å². The molecular weight excluding hydrogens is 358 g/mol. The summed E-state index contributed by atoms with van der Waals surface area (Å²) in [4.78, 5) is 35.6. The predicted octanol–water partition coefficient (Wildman–Crippen LogP) is 2.26. The van der Waals surface area contributed by atoms with E-state index in [2.05, 4.69) is 10.6 Å². The van der Waals surface area contributed by atoms with Crippen molar-refractivity contribution in [3.05, 3.63) is 71.8 Å². The molecule has 0 aliphatic heterocycles. The lowest BCUT2D eigenvalue weighted by atomic mass is 10.2. The number of hydrogen-bond donors (Lipinski definition) is 2. The Labute approximate surface area is 162 Å². The van der Waals surface area contributed by atoms with Gasteiger partial charge in [-0.2, -0.15) is 5.26 Å². The Morgan fingerprint density at radius 1 is 1.14 bits per heavy atom. The number of nitriles is 1. The van der Waals surface area contributed by atoms with Crippen LogP contribution >= 0.6 is 0 Å². The zero-order valence-corrected chi connectivity index (χ0v) is 15.2. The summed E-state index contributed by atoms with van der Waals surface area (Å²) in [6, 6.07) is 17.6. The number of esters is 1. The first kappa shape index (κ1) is 20.4. The summed E-state index contributed by atoms with van der Waals surface area (Å²) in [5.41, 5.74) is 1.67. The molecule has 2 amide bonds. The molecule has 7 heteroatoms. The first-order chi connectivity index (χ1) is 13.5. The quantitative estimate of drug-likeness (QED) is 0.568. The molecule has 0 radical (unpaired) electrons. The van der Waals surface area contributed by atoms with Crippen LogP contribution in [0.4, 0.5) is 5.69 Å². The van der Waals surface area contributed by atoms with Crippen LogP contribution in [0.2, 0.25) is 0 Å². The minimum Gasteiger partial charge on any atom is -0.451 e. The van der Waals surface area contributed by atoms with Crippen molar-refractivity contribution in [3.63, 3.8) is 0 Å². The van der Waals surface area contributed by atoms with Crippen LogP contribution in [0, 0.1) is 11.3 Å². The third-order valence-corrected chi connectivity index (χ3v) is 3.57. The Kier molecular flexibility index (Phi) is 7.49. The highest BCUT2D eigenvalue weighted by Gasteiger charge is 2.18. The number of nitrogens with one attached hydrogen (secondary N) is 2. The molecule has 0 aliphatic rings. The minimum absolute atomic E-state index is 0.362. The van der Waals surface area contributed by atoms with Gasteiger partial charge in [-0.25, -0.2) is 0 Å². The number of carbonyl (C=O) groups excluding carboxylic acids is 3. The van der Waals surface area contributed by atoms with Crippen molar-refractivity contribution in [2.75, 3.05) is 11.9 Å². The van der Waals surface area contributed by atoms with Gasteiger partial charge >= 0.3 is 5.97 Å². The molecule has 0 aliphatic carbocycles. The smallest absolute Gasteiger partial charge is 0.326 e. The Balaban J connectivity index is 1.77. The molecule has 7 nitrogen and oxygen atoms in total. The van der Waals surface area contributed by atoms with Crippen LogP contribution in [-0.4, -0.2) is 30.4 Å². The normalized spacial score (nSPS) is 11.3. The molecule has 28 heavy (non-hydrogen) atoms. The fourth-order valence-corrected chi connectivity index (χ4v) is 2.16. The molecule has 0 heterocycles. The largest absolute Gasteiger partial charge is 0.451 e. The SMILES string of the molecule is C[C@@H](OC(=O)CNC(=O)/C=C/c1ccccc1)C(=O)Nc1cccc(C#N)c1. The summed E-state index contributed by atoms with van der Waals surface area (Å²) < 4.78 is 5.00. The topological polar surface area (TPSA) is 108 Å². The minimum atomic E-state index is -1.06. The van der Waals surface area contributed by atoms with Gasteiger partial charge in [0, 0.05) is 11.8 Å². The van der Waals surface area contributed by atoms with E-state index in [-0.39, 0.29) is 6.54 Å². The number of benzene rings is 2. The van der Waals surface area contributed by atoms with Crippen molar-refractivity contribution in [2.45, 2.75) is 13.0 Å². The molecule has 2 aromatic rings. The average molecular weight is 377 g/mol. The third kappa shape index (κ3) is 6.77. The van der Waals surface area contributed by atoms with E-state index in [9.17, 15) is 14.4 Å². The summed E-state index contributed by atoms with van der Waals surface area (Å²) in [5, 5.41) is 13.8. The second kappa shape index (κ2) is 10.3. The number of ether oxygens (including phenoxy) is 1. The molecule has 0 bridgehead atoms. The molecule has 0 saturated carbocycles. The van der Waals surface area contributed by atoms with Crippen LogP contribution in [0.3, 0.4) is 0 Å². The molecule has 1 atom stereocenters. The Morgan fingerprint density at radius 2 is 1.89 bits per heavy atom. The maximum absolute atomic E-state index is 12.1. The van der Waals surface area contributed by atoms with Gasteiger partial charge in [-0.15, -0.1) is 0 Å². The van der Waals surface area contributed by atoms with Crippen molar-refractivity contribution in [3.8, 4) is 6.07 Å². The van der Waals surface area contributed by atoms with Crippen molar-refractivity contribution < 1.29 is 19.1 Å². The lowest BCUT2D eigenvalue weighted by Gasteiger charge is -2.13. The van der Waals surface area contributed by atoms with E-state index in [1.165, 1.54) is 19.1 Å². The maximum Gasteiger partial charge on any atom is 0.326 e. The number of hydrogen-bond acceptors (Lipinski definition) is 5. The maximum atomic E-state index is 12.1. The molecular formula is C21H19N3O4. The van der Waals surface area contributed by atoms with Crippen LogP contribution in [0.15, 0.2) is 60.7 Å². The zero-order valence-electron chi connectivity index (χ0n) is 15.2. The standard InChI is InChI=1S/C21H19N3O4/c1-15(21(27)24-18-9-5-8-17(12-18)13-22)28-20(26)14-23-19(25)11-10-16-6-3-2-4-7-16/h2-12,15H,14H2,1H3,(H,23,25)(H,24,27)/b11-10+/t15-/m1/s1. The van der Waals surface area contributed by atoms with E-state index in [4.69, 9.17) is 10.00 Å². The highest BCUT2D eigenvalue weighted by atomic mass is 16.5. The monoisotopic (exact) mass is 377 g/mol. The van der Waals surface area contributed by atoms with E-state index in [1.807, 2.05) is 36.4 Å². The van der Waals surface area contributed by atoms with Gasteiger partial charge in [0.1, 0.15) is 6.54 Å². The number of rotatable bonds is 7. The summed E-state index contributed by atoms with van der Waals surface area (Å²) in [6.07, 6.45) is 1.86. The second-order valence-electron chi connectivity index (χ2n) is 5.78. The van der Waals surface area contributed by atoms with Gasteiger partial charge in [-0.1, -0.05) is 36.4 Å². The fraction of sp³-hybridized carbons (Fsp3) is 0.143. The van der Waals surface area contributed by atoms with Crippen LogP contribution < -0.4 is 10.6 Å². The van der Waals surface area contributed by atoms with E-state index in [0.29, 0.717) is 11.3 Å². The summed E-state index contributed by atoms with van der Waals surface area (Å²) in [5.74, 6) is -1.74. The molecule has 0 spiro atoms. The van der Waals surface area contributed by atoms with Crippen LogP contribution in [0.1, 0.15) is 18.1 Å². The first-order valence-corrected chi connectivity index (χ1v) is 8.49. The number of anilines is 1. The van der Waals surface area contributed by atoms with Crippen molar-refractivity contribution in [1.29, 1.82) is 5.26 Å². The highest BCUT2D eigenvalue weighted by Crippen LogP contribution is 2.10. The fourth-order valence-electron chi connectivity index (χ4n) is 2.16. The van der Waals surface area contributed by atoms with E-state index in [1.54, 1.807) is 24.3 Å². The van der Waals surface area contributed by atoms with Crippen LogP contribution in [0.5, 0.6) is 0 Å². The molecule has 0 unspecified atom stereocenters. The lowest BCUT2D eigenvalue weighted by Crippen LogP contribution is -2.35. The van der Waals surface area contributed by atoms with Gasteiger partial charge in [0.05, 0.1) is 11.6 Å². The van der Waals surface area contributed by atoms with Crippen LogP contribution in [0.25, 0.3) is 6.08 Å². The van der Waals surface area contributed by atoms with E-state index >= 15 is 0 Å². The molecule has 0 saturated heterocycles. The van der Waals surface area contributed by atoms with Crippen molar-refractivity contribution >= 4 is 29.5 Å². The Morgan fingerprint density at radius 3 is 2.61 bits per heavy atom. The number of carbonyl (C=O) groups is 3. The van der Waals surface area contributed by atoms with Gasteiger partial charge < -0.3 is 15.4 Å². The van der Waals surface area contributed by atoms with Gasteiger partial charge in [-0.3, -0.25) is 14.4 Å². The Bertz CT molecular complexity index is 917. The van der Waals surface area contributed by atoms with Crippen molar-refractivity contribution in [2.24, 2.45) is 0 Å². The van der Waals surface area contributed by atoms with Crippen LogP contribution in [-0.2, 0) is 19.1 Å². The zero-order chi connectivity index (χ0) is 20.4. The third-order valence-electron chi connectivity index (χ3n) is 3.57. The van der Waals surface area contributed by atoms with E-state index in [0.717, 1.165) is 5.56 Å². The van der Waals surface area contributed by atoms with E-state index < -0.39 is 23.9 Å². The first-order valence-electron chi connectivity index (χ1n) is 8.49. The molecule has 2 N–H and O–H groups in total. The second-order valence-corrected chi connectivity index (χ2v) is 5.78. The van der Waals surface area contributed by atoms with Gasteiger partial charge in [0.15, 0.2) is 6.10 Å². The Hall–Kier alpha value is -3.92. The summed E-state index contributed by atoms with van der Waals surface area (Å²) in [6.45, 7) is 1.05. The number of amides is 2. The van der Waals surface area contributed by atoms with Gasteiger partial charge in [0.25, 0.3) is 5.91 Å². The molecule has 2 aromatic carbocycles. The average Bonchev–Trinajstić information content (AvgIpc) is 2.71.